The van der Waals surface area contributed by atoms with Gasteiger partial charge in [0.05, 0.1) is 0 Å². The van der Waals surface area contributed by atoms with Crippen LogP contribution in [0.3, 0.4) is 0 Å². The van der Waals surface area contributed by atoms with Crippen LogP contribution in [0, 0.1) is 11.8 Å². The Kier molecular flexibility index (Phi) is 46.6. The molecule has 0 aromatic heterocycles. The van der Waals surface area contributed by atoms with E-state index in [4.69, 9.17) is 14.2 Å². The summed E-state index contributed by atoms with van der Waals surface area (Å²) < 4.78 is 16.8. The zero-order valence-electron chi connectivity index (χ0n) is 41.8. The summed E-state index contributed by atoms with van der Waals surface area (Å²) in [6, 6.07) is 0. The zero-order chi connectivity index (χ0) is 44.7. The summed E-state index contributed by atoms with van der Waals surface area (Å²) in [5.74, 6) is 0.741. The maximum absolute atomic E-state index is 12.7. The van der Waals surface area contributed by atoms with E-state index in [1.807, 2.05) is 0 Å². The van der Waals surface area contributed by atoms with Crippen LogP contribution in [-0.4, -0.2) is 37.2 Å². The first-order valence-corrected chi connectivity index (χ1v) is 27.2. The van der Waals surface area contributed by atoms with E-state index in [1.165, 1.54) is 193 Å². The summed E-state index contributed by atoms with van der Waals surface area (Å²) in [6.07, 6.45) is 49.7. The van der Waals surface area contributed by atoms with E-state index in [0.717, 1.165) is 69.6 Å². The molecule has 0 rings (SSSR count). The fourth-order valence-electron chi connectivity index (χ4n) is 8.34. The summed E-state index contributed by atoms with van der Waals surface area (Å²) in [6.45, 7) is 11.3. The number of carbonyl (C=O) groups excluding carboxylic acids is 3. The van der Waals surface area contributed by atoms with Crippen molar-refractivity contribution in [3.05, 3.63) is 0 Å². The van der Waals surface area contributed by atoms with Gasteiger partial charge in [-0.15, -0.1) is 0 Å². The van der Waals surface area contributed by atoms with E-state index in [2.05, 4.69) is 34.6 Å². The topological polar surface area (TPSA) is 78.9 Å². The lowest BCUT2D eigenvalue weighted by Crippen LogP contribution is -2.30. The van der Waals surface area contributed by atoms with Crippen LogP contribution in [0.2, 0.25) is 0 Å². The lowest BCUT2D eigenvalue weighted by atomic mass is 10.0. The second kappa shape index (κ2) is 47.9. The number of unbranched alkanes of at least 4 members (excludes halogenated alkanes) is 34. The molecular weight excluding hydrogens is 757 g/mol. The first-order chi connectivity index (χ1) is 29.7. The van der Waals surface area contributed by atoms with Crippen molar-refractivity contribution in [2.75, 3.05) is 13.2 Å². The van der Waals surface area contributed by atoms with Crippen LogP contribution in [0.15, 0.2) is 0 Å². The maximum atomic E-state index is 12.7. The molecule has 6 nitrogen and oxygen atoms in total. The number of esters is 3. The van der Waals surface area contributed by atoms with Crippen LogP contribution in [0.25, 0.3) is 0 Å². The van der Waals surface area contributed by atoms with Crippen LogP contribution in [0.5, 0.6) is 0 Å². The molecule has 0 aliphatic heterocycles. The Morgan fingerprint density at radius 3 is 0.803 bits per heavy atom. The van der Waals surface area contributed by atoms with Crippen molar-refractivity contribution in [3.8, 4) is 0 Å². The Morgan fingerprint density at radius 1 is 0.311 bits per heavy atom. The van der Waals surface area contributed by atoms with Crippen LogP contribution < -0.4 is 0 Å². The van der Waals surface area contributed by atoms with Crippen molar-refractivity contribution >= 4 is 17.9 Å². The molecule has 6 heteroatoms. The highest BCUT2D eigenvalue weighted by Gasteiger charge is 2.19. The summed E-state index contributed by atoms with van der Waals surface area (Å²) >= 11 is 0. The number of hydrogen-bond acceptors (Lipinski definition) is 6. The second-order valence-electron chi connectivity index (χ2n) is 19.8. The molecule has 0 N–H and O–H groups in total. The number of carbonyl (C=O) groups is 3. The molecule has 0 bridgehead atoms. The average Bonchev–Trinajstić information content (AvgIpc) is 3.23. The molecule has 0 aliphatic rings. The minimum absolute atomic E-state index is 0.0645. The molecule has 0 saturated heterocycles. The van der Waals surface area contributed by atoms with Gasteiger partial charge in [-0.25, -0.2) is 0 Å². The van der Waals surface area contributed by atoms with E-state index in [0.29, 0.717) is 19.3 Å². The number of ether oxygens (including phenoxy) is 3. The zero-order valence-corrected chi connectivity index (χ0v) is 41.8. The largest absolute Gasteiger partial charge is 0.462 e. The highest BCUT2D eigenvalue weighted by Crippen LogP contribution is 2.18. The van der Waals surface area contributed by atoms with Gasteiger partial charge in [0.1, 0.15) is 13.2 Å². The predicted molar refractivity (Wildman–Crippen MR) is 261 cm³/mol. The quantitative estimate of drug-likeness (QED) is 0.0344. The van der Waals surface area contributed by atoms with Crippen molar-refractivity contribution in [2.24, 2.45) is 11.8 Å². The molecule has 0 spiro atoms. The molecule has 362 valence electrons. The Morgan fingerprint density at radius 2 is 0.541 bits per heavy atom. The van der Waals surface area contributed by atoms with Crippen molar-refractivity contribution in [1.29, 1.82) is 0 Å². The van der Waals surface area contributed by atoms with Crippen LogP contribution >= 0.6 is 0 Å². The van der Waals surface area contributed by atoms with Crippen molar-refractivity contribution < 1.29 is 28.6 Å². The highest BCUT2D eigenvalue weighted by molar-refractivity contribution is 5.71. The molecule has 0 fully saturated rings. The van der Waals surface area contributed by atoms with Gasteiger partial charge >= 0.3 is 17.9 Å². The normalized spacial score (nSPS) is 12.0. The van der Waals surface area contributed by atoms with Gasteiger partial charge in [-0.2, -0.15) is 0 Å². The van der Waals surface area contributed by atoms with Gasteiger partial charge in [-0.1, -0.05) is 266 Å². The number of hydrogen-bond donors (Lipinski definition) is 0. The van der Waals surface area contributed by atoms with Crippen molar-refractivity contribution in [1.82, 2.24) is 0 Å². The summed E-state index contributed by atoms with van der Waals surface area (Å²) in [4.78, 5) is 37.9. The number of rotatable bonds is 49. The Bertz CT molecular complexity index is 931. The van der Waals surface area contributed by atoms with Crippen molar-refractivity contribution in [3.63, 3.8) is 0 Å². The van der Waals surface area contributed by atoms with Crippen LogP contribution in [-0.2, 0) is 28.6 Å². The fourth-order valence-corrected chi connectivity index (χ4v) is 8.34. The average molecular weight is 863 g/mol. The smallest absolute Gasteiger partial charge is 0.306 e. The highest BCUT2D eigenvalue weighted by atomic mass is 16.6. The standard InChI is InChI=1S/C55H106O6/c1-6-7-8-9-10-11-12-13-14-15-16-17-18-19-23-26-29-35-40-45-53(56)59-48-52(61-55(58)47-42-37-32-31-34-39-44-51(4)5)49-60-54(57)46-41-36-30-27-24-21-20-22-25-28-33-38-43-50(2)3/h50-52H,6-49H2,1-5H3/t52-/m1/s1. The molecule has 61 heavy (non-hydrogen) atoms. The molecule has 1 atom stereocenters. The molecule has 0 radical (unpaired) electrons. The third-order valence-electron chi connectivity index (χ3n) is 12.5. The third-order valence-corrected chi connectivity index (χ3v) is 12.5. The van der Waals surface area contributed by atoms with Crippen molar-refractivity contribution in [2.45, 2.75) is 310 Å². The summed E-state index contributed by atoms with van der Waals surface area (Å²) in [7, 11) is 0. The van der Waals surface area contributed by atoms with Crippen LogP contribution in [0.4, 0.5) is 0 Å². The molecule has 0 aliphatic carbocycles. The SMILES string of the molecule is CCCCCCCCCCCCCCCCCCCCCC(=O)OC[C@H](COC(=O)CCCCCCCCCCCCCCC(C)C)OC(=O)CCCCCCCCC(C)C. The maximum Gasteiger partial charge on any atom is 0.306 e. The molecule has 0 aromatic carbocycles. The lowest BCUT2D eigenvalue weighted by Gasteiger charge is -2.18. The minimum atomic E-state index is -0.762. The Balaban J connectivity index is 4.20. The summed E-state index contributed by atoms with van der Waals surface area (Å²) in [5.41, 5.74) is 0. The Hall–Kier alpha value is -1.59. The minimum Gasteiger partial charge on any atom is -0.462 e. The van der Waals surface area contributed by atoms with Crippen LogP contribution in [0.1, 0.15) is 304 Å². The van der Waals surface area contributed by atoms with E-state index in [1.54, 1.807) is 0 Å². The van der Waals surface area contributed by atoms with Gasteiger partial charge in [-0.3, -0.25) is 14.4 Å². The Labute approximate surface area is 380 Å². The first-order valence-electron chi connectivity index (χ1n) is 27.2. The molecule has 0 heterocycles. The fraction of sp³-hybridized carbons (Fsp3) is 0.945. The van der Waals surface area contributed by atoms with Gasteiger partial charge in [0, 0.05) is 19.3 Å². The molecule has 0 unspecified atom stereocenters. The van der Waals surface area contributed by atoms with Gasteiger partial charge in [0.25, 0.3) is 0 Å². The van der Waals surface area contributed by atoms with E-state index < -0.39 is 6.10 Å². The molecular formula is C55H106O6. The van der Waals surface area contributed by atoms with Gasteiger partial charge < -0.3 is 14.2 Å². The molecule has 0 aromatic rings. The predicted octanol–water partition coefficient (Wildman–Crippen LogP) is 17.7. The van der Waals surface area contributed by atoms with E-state index in [9.17, 15) is 14.4 Å². The van der Waals surface area contributed by atoms with E-state index >= 15 is 0 Å². The van der Waals surface area contributed by atoms with Gasteiger partial charge in [0.15, 0.2) is 6.10 Å². The lowest BCUT2D eigenvalue weighted by molar-refractivity contribution is -0.167. The van der Waals surface area contributed by atoms with Gasteiger partial charge in [0.2, 0.25) is 0 Å². The first kappa shape index (κ1) is 59.4. The molecule has 0 amide bonds. The van der Waals surface area contributed by atoms with Gasteiger partial charge in [-0.05, 0) is 31.1 Å². The monoisotopic (exact) mass is 863 g/mol. The summed E-state index contributed by atoms with van der Waals surface area (Å²) in [5, 5.41) is 0. The third kappa shape index (κ3) is 49.3. The second-order valence-corrected chi connectivity index (χ2v) is 19.8. The van der Waals surface area contributed by atoms with E-state index in [-0.39, 0.29) is 31.1 Å². The molecule has 0 saturated carbocycles.